The largest absolute Gasteiger partial charge is 0.465 e. The summed E-state index contributed by atoms with van der Waals surface area (Å²) in [6.45, 7) is 11.7. The van der Waals surface area contributed by atoms with E-state index in [-0.39, 0.29) is 6.04 Å². The van der Waals surface area contributed by atoms with Crippen LogP contribution in [0.15, 0.2) is 43.1 Å². The number of carboxylic acid groups (broad SMARTS) is 1. The minimum atomic E-state index is -1.15. The summed E-state index contributed by atoms with van der Waals surface area (Å²) in [6.07, 6.45) is 2.72. The molecule has 28 heavy (non-hydrogen) atoms. The van der Waals surface area contributed by atoms with Crippen LogP contribution in [-0.2, 0) is 11.5 Å². The standard InChI is InChI=1S/C20H30N4O3Si/c1-5-7-18(23-20(25)26)15-8-6-9-16(12-15)19-17(21)13-22-24(19)14-27-10-11-28(2,3)4/h5-6,8-9,12-13,18,23H,1,7,10-11,14,21H2,2-4H3,(H,25,26)/t18-/m0/s1. The third-order valence-electron chi connectivity index (χ3n) is 4.34. The molecule has 8 heteroatoms. The molecule has 2 aromatic rings. The zero-order valence-corrected chi connectivity index (χ0v) is 17.8. The molecule has 1 atom stereocenters. The summed E-state index contributed by atoms with van der Waals surface area (Å²) in [4.78, 5) is 11.1. The first kappa shape index (κ1) is 21.7. The SMILES string of the molecule is C=CC[C@H](NC(=O)O)c1cccc(-c2c(N)cnn2COCC[Si](C)(C)C)c1. The van der Waals surface area contributed by atoms with Crippen LogP contribution in [0.1, 0.15) is 18.0 Å². The fourth-order valence-corrected chi connectivity index (χ4v) is 3.60. The van der Waals surface area contributed by atoms with Crippen molar-refractivity contribution in [2.75, 3.05) is 12.3 Å². The number of hydrogen-bond donors (Lipinski definition) is 3. The lowest BCUT2D eigenvalue weighted by Gasteiger charge is -2.18. The maximum atomic E-state index is 11.1. The molecular weight excluding hydrogens is 372 g/mol. The average Bonchev–Trinajstić information content (AvgIpc) is 2.98. The van der Waals surface area contributed by atoms with Gasteiger partial charge in [-0.3, -0.25) is 0 Å². The summed E-state index contributed by atoms with van der Waals surface area (Å²) >= 11 is 0. The van der Waals surface area contributed by atoms with Gasteiger partial charge in [-0.2, -0.15) is 5.10 Å². The Balaban J connectivity index is 2.22. The highest BCUT2D eigenvalue weighted by molar-refractivity contribution is 6.76. The molecule has 152 valence electrons. The lowest BCUT2D eigenvalue weighted by Crippen LogP contribution is -2.26. The fourth-order valence-electron chi connectivity index (χ4n) is 2.84. The van der Waals surface area contributed by atoms with Crippen LogP contribution < -0.4 is 11.1 Å². The monoisotopic (exact) mass is 402 g/mol. The number of aromatic nitrogens is 2. The normalized spacial score (nSPS) is 12.5. The Hall–Kier alpha value is -2.58. The van der Waals surface area contributed by atoms with E-state index in [1.54, 1.807) is 17.0 Å². The van der Waals surface area contributed by atoms with Crippen LogP contribution in [-0.4, -0.2) is 35.7 Å². The fraction of sp³-hybridized carbons (Fsp3) is 0.400. The smallest absolute Gasteiger partial charge is 0.405 e. The summed E-state index contributed by atoms with van der Waals surface area (Å²) < 4.78 is 7.56. The van der Waals surface area contributed by atoms with Crippen molar-refractivity contribution in [1.29, 1.82) is 0 Å². The summed E-state index contributed by atoms with van der Waals surface area (Å²) in [5.74, 6) is 0. The number of hydrogen-bond acceptors (Lipinski definition) is 4. The van der Waals surface area contributed by atoms with E-state index in [9.17, 15) is 4.79 Å². The molecule has 2 rings (SSSR count). The summed E-state index contributed by atoms with van der Waals surface area (Å²) in [6, 6.07) is 8.33. The van der Waals surface area contributed by atoms with Crippen LogP contribution in [0.25, 0.3) is 11.3 Å². The van der Waals surface area contributed by atoms with Gasteiger partial charge in [0.2, 0.25) is 0 Å². The Kier molecular flexibility index (Phi) is 7.42. The van der Waals surface area contributed by atoms with E-state index >= 15 is 0 Å². The van der Waals surface area contributed by atoms with Gasteiger partial charge in [-0.1, -0.05) is 43.9 Å². The number of nitrogens with one attached hydrogen (secondary N) is 1. The van der Waals surface area contributed by atoms with Gasteiger partial charge in [-0.15, -0.1) is 6.58 Å². The van der Waals surface area contributed by atoms with E-state index in [4.69, 9.17) is 15.6 Å². The van der Waals surface area contributed by atoms with E-state index in [2.05, 4.69) is 36.6 Å². The molecule has 0 fully saturated rings. The van der Waals surface area contributed by atoms with Gasteiger partial charge < -0.3 is 20.9 Å². The Labute approximate surface area is 167 Å². The number of benzene rings is 1. The molecule has 0 aliphatic rings. The van der Waals surface area contributed by atoms with Gasteiger partial charge in [0.15, 0.2) is 0 Å². The van der Waals surface area contributed by atoms with Crippen LogP contribution >= 0.6 is 0 Å². The van der Waals surface area contributed by atoms with Crippen molar-refractivity contribution in [1.82, 2.24) is 15.1 Å². The van der Waals surface area contributed by atoms with Crippen molar-refractivity contribution in [3.05, 3.63) is 48.7 Å². The van der Waals surface area contributed by atoms with Crippen LogP contribution in [0, 0.1) is 0 Å². The van der Waals surface area contributed by atoms with Crippen LogP contribution in [0.3, 0.4) is 0 Å². The maximum absolute atomic E-state index is 11.1. The van der Waals surface area contributed by atoms with Crippen molar-refractivity contribution in [2.45, 2.75) is 44.9 Å². The van der Waals surface area contributed by atoms with E-state index in [1.165, 1.54) is 0 Å². The second kappa shape index (κ2) is 9.56. The summed E-state index contributed by atoms with van der Waals surface area (Å²) in [7, 11) is -1.15. The predicted octanol–water partition coefficient (Wildman–Crippen LogP) is 4.33. The number of carbonyl (C=O) groups is 1. The second-order valence-electron chi connectivity index (χ2n) is 7.95. The molecule has 1 heterocycles. The second-order valence-corrected chi connectivity index (χ2v) is 13.6. The van der Waals surface area contributed by atoms with Gasteiger partial charge in [0.1, 0.15) is 6.73 Å². The van der Waals surface area contributed by atoms with Crippen molar-refractivity contribution >= 4 is 19.9 Å². The molecule has 0 saturated heterocycles. The first-order chi connectivity index (χ1) is 13.2. The number of nitrogens with zero attached hydrogens (tertiary/aromatic N) is 2. The summed E-state index contributed by atoms with van der Waals surface area (Å²) in [5, 5.41) is 16.0. The predicted molar refractivity (Wildman–Crippen MR) is 115 cm³/mol. The zero-order valence-electron chi connectivity index (χ0n) is 16.8. The molecule has 0 bridgehead atoms. The first-order valence-corrected chi connectivity index (χ1v) is 13.0. The molecule has 0 saturated carbocycles. The lowest BCUT2D eigenvalue weighted by molar-refractivity contribution is 0.0798. The van der Waals surface area contributed by atoms with Crippen molar-refractivity contribution in [3.63, 3.8) is 0 Å². The highest BCUT2D eigenvalue weighted by Crippen LogP contribution is 2.29. The molecule has 1 aromatic carbocycles. The average molecular weight is 403 g/mol. The third kappa shape index (κ3) is 6.24. The summed E-state index contributed by atoms with van der Waals surface area (Å²) in [5.41, 5.74) is 9.18. The van der Waals surface area contributed by atoms with E-state index in [0.717, 1.165) is 22.9 Å². The molecule has 7 nitrogen and oxygen atoms in total. The van der Waals surface area contributed by atoms with Gasteiger partial charge in [0.25, 0.3) is 0 Å². The molecular formula is C20H30N4O3Si. The Morgan fingerprint density at radius 2 is 2.21 bits per heavy atom. The molecule has 4 N–H and O–H groups in total. The van der Waals surface area contributed by atoms with Crippen molar-refractivity contribution < 1.29 is 14.6 Å². The number of anilines is 1. The third-order valence-corrected chi connectivity index (χ3v) is 6.04. The quantitative estimate of drug-likeness (QED) is 0.312. The van der Waals surface area contributed by atoms with Crippen molar-refractivity contribution in [2.24, 2.45) is 0 Å². The number of amides is 1. The van der Waals surface area contributed by atoms with Crippen molar-refractivity contribution in [3.8, 4) is 11.3 Å². The number of rotatable bonds is 10. The highest BCUT2D eigenvalue weighted by Gasteiger charge is 2.17. The van der Waals surface area contributed by atoms with Gasteiger partial charge in [0, 0.05) is 20.2 Å². The van der Waals surface area contributed by atoms with Gasteiger partial charge in [-0.25, -0.2) is 9.48 Å². The first-order valence-electron chi connectivity index (χ1n) is 9.31. The minimum Gasteiger partial charge on any atom is -0.465 e. The lowest BCUT2D eigenvalue weighted by atomic mass is 10.00. The van der Waals surface area contributed by atoms with Crippen LogP contribution in [0.4, 0.5) is 10.5 Å². The molecule has 0 aliphatic heterocycles. The van der Waals surface area contributed by atoms with E-state index < -0.39 is 14.2 Å². The number of ether oxygens (including phenoxy) is 1. The van der Waals surface area contributed by atoms with Crippen LogP contribution in [0.2, 0.25) is 25.7 Å². The Morgan fingerprint density at radius 3 is 2.86 bits per heavy atom. The number of nitrogens with two attached hydrogens (primary N) is 1. The molecule has 1 amide bonds. The van der Waals surface area contributed by atoms with E-state index in [0.29, 0.717) is 25.4 Å². The van der Waals surface area contributed by atoms with Gasteiger partial charge in [0.05, 0.1) is 23.6 Å². The van der Waals surface area contributed by atoms with Gasteiger partial charge >= 0.3 is 6.09 Å². The Morgan fingerprint density at radius 1 is 1.46 bits per heavy atom. The molecule has 0 spiro atoms. The maximum Gasteiger partial charge on any atom is 0.405 e. The molecule has 0 unspecified atom stereocenters. The van der Waals surface area contributed by atoms with Gasteiger partial charge in [-0.05, 0) is 24.1 Å². The molecule has 1 aromatic heterocycles. The van der Waals surface area contributed by atoms with E-state index in [1.807, 2.05) is 24.3 Å². The number of nitrogen functional groups attached to an aromatic ring is 1. The zero-order chi connectivity index (χ0) is 20.7. The highest BCUT2D eigenvalue weighted by atomic mass is 28.3. The molecule has 0 aliphatic carbocycles. The topological polar surface area (TPSA) is 102 Å². The molecule has 0 radical (unpaired) electrons. The van der Waals surface area contributed by atoms with Crippen LogP contribution in [0.5, 0.6) is 0 Å². The Bertz CT molecular complexity index is 814. The minimum absolute atomic E-state index is 0.324.